The topological polar surface area (TPSA) is 59.7 Å². The van der Waals surface area contributed by atoms with Crippen molar-refractivity contribution >= 4 is 17.7 Å². The van der Waals surface area contributed by atoms with Crippen LogP contribution in [0.15, 0.2) is 21.6 Å². The van der Waals surface area contributed by atoms with Crippen molar-refractivity contribution in [2.45, 2.75) is 17.9 Å². The first-order valence-electron chi connectivity index (χ1n) is 4.69. The average Bonchev–Trinajstić information content (AvgIpc) is 2.66. The zero-order valence-electron chi connectivity index (χ0n) is 8.56. The maximum Gasteiger partial charge on any atom is 0.371 e. The molecule has 0 fully saturated rings. The van der Waals surface area contributed by atoms with E-state index in [1.54, 1.807) is 13.2 Å². The van der Waals surface area contributed by atoms with E-state index in [1.807, 2.05) is 0 Å². The summed E-state index contributed by atoms with van der Waals surface area (Å²) in [5.41, 5.74) is 0. The Kier molecular flexibility index (Phi) is 5.28. The standard InChI is InChI=1S/C10H14O4S/c1-13-6-2-3-7-15-9-5-4-8(14-9)10(11)12/h4-5H,2-3,6-7H2,1H3,(H,11,12). The van der Waals surface area contributed by atoms with Crippen molar-refractivity contribution < 1.29 is 19.1 Å². The van der Waals surface area contributed by atoms with Gasteiger partial charge in [0.15, 0.2) is 5.09 Å². The van der Waals surface area contributed by atoms with Crippen LogP contribution in [0.5, 0.6) is 0 Å². The van der Waals surface area contributed by atoms with E-state index >= 15 is 0 Å². The quantitative estimate of drug-likeness (QED) is 0.576. The second-order valence-corrected chi connectivity index (χ2v) is 4.07. The lowest BCUT2D eigenvalue weighted by molar-refractivity contribution is 0.0656. The molecule has 1 aromatic rings. The number of furan rings is 1. The predicted molar refractivity (Wildman–Crippen MR) is 57.5 cm³/mol. The molecule has 15 heavy (non-hydrogen) atoms. The van der Waals surface area contributed by atoms with E-state index in [0.717, 1.165) is 25.2 Å². The molecule has 0 aliphatic heterocycles. The number of ether oxygens (including phenoxy) is 1. The summed E-state index contributed by atoms with van der Waals surface area (Å²) in [5.74, 6) is -0.119. The van der Waals surface area contributed by atoms with Crippen molar-refractivity contribution in [1.82, 2.24) is 0 Å². The molecule has 5 heteroatoms. The van der Waals surface area contributed by atoms with E-state index in [-0.39, 0.29) is 5.76 Å². The second kappa shape index (κ2) is 6.53. The molecule has 0 bridgehead atoms. The summed E-state index contributed by atoms with van der Waals surface area (Å²) in [4.78, 5) is 10.5. The molecule has 0 atom stereocenters. The number of rotatable bonds is 7. The Hall–Kier alpha value is -0.940. The molecule has 4 nitrogen and oxygen atoms in total. The van der Waals surface area contributed by atoms with Gasteiger partial charge in [-0.3, -0.25) is 0 Å². The van der Waals surface area contributed by atoms with Crippen molar-refractivity contribution in [3.05, 3.63) is 17.9 Å². The maximum absolute atomic E-state index is 10.5. The number of carboxylic acids is 1. The molecule has 0 saturated carbocycles. The molecule has 1 aromatic heterocycles. The van der Waals surface area contributed by atoms with Crippen molar-refractivity contribution in [3.8, 4) is 0 Å². The number of hydrogen-bond donors (Lipinski definition) is 1. The van der Waals surface area contributed by atoms with Crippen LogP contribution in [0.1, 0.15) is 23.4 Å². The molecule has 0 spiro atoms. The molecular formula is C10H14O4S. The van der Waals surface area contributed by atoms with Gasteiger partial charge in [0.2, 0.25) is 5.76 Å². The normalized spacial score (nSPS) is 10.5. The minimum Gasteiger partial charge on any atom is -0.475 e. The lowest BCUT2D eigenvalue weighted by atomic mass is 10.4. The van der Waals surface area contributed by atoms with E-state index in [9.17, 15) is 4.79 Å². The van der Waals surface area contributed by atoms with E-state index < -0.39 is 5.97 Å². The van der Waals surface area contributed by atoms with Gasteiger partial charge in [-0.1, -0.05) is 11.8 Å². The summed E-state index contributed by atoms with van der Waals surface area (Å²) in [5, 5.41) is 9.28. The zero-order chi connectivity index (χ0) is 11.1. The smallest absolute Gasteiger partial charge is 0.371 e. The van der Waals surface area contributed by atoms with Gasteiger partial charge in [0.05, 0.1) is 0 Å². The van der Waals surface area contributed by atoms with Crippen LogP contribution in [0.2, 0.25) is 0 Å². The Labute approximate surface area is 92.6 Å². The molecule has 0 saturated heterocycles. The summed E-state index contributed by atoms with van der Waals surface area (Å²) < 4.78 is 10.0. The van der Waals surface area contributed by atoms with Crippen LogP contribution < -0.4 is 0 Å². The molecular weight excluding hydrogens is 216 g/mol. The summed E-state index contributed by atoms with van der Waals surface area (Å²) in [6.45, 7) is 0.763. The Morgan fingerprint density at radius 3 is 2.93 bits per heavy atom. The lowest BCUT2D eigenvalue weighted by Gasteiger charge is -1.98. The highest BCUT2D eigenvalue weighted by atomic mass is 32.2. The molecule has 1 rings (SSSR count). The summed E-state index contributed by atoms with van der Waals surface area (Å²) in [6, 6.07) is 3.16. The third-order valence-corrected chi connectivity index (χ3v) is 2.78. The van der Waals surface area contributed by atoms with E-state index in [1.165, 1.54) is 17.8 Å². The number of unbranched alkanes of at least 4 members (excludes halogenated alkanes) is 1. The minimum absolute atomic E-state index is 0.00519. The number of carboxylic acid groups (broad SMARTS) is 1. The van der Waals surface area contributed by atoms with Gasteiger partial charge in [0.1, 0.15) is 0 Å². The van der Waals surface area contributed by atoms with Crippen LogP contribution >= 0.6 is 11.8 Å². The number of aromatic carboxylic acids is 1. The van der Waals surface area contributed by atoms with Crippen molar-refractivity contribution in [2.75, 3.05) is 19.5 Å². The molecule has 0 radical (unpaired) electrons. The van der Waals surface area contributed by atoms with Gasteiger partial charge in [0.25, 0.3) is 0 Å². The summed E-state index contributed by atoms with van der Waals surface area (Å²) in [7, 11) is 1.68. The van der Waals surface area contributed by atoms with Gasteiger partial charge < -0.3 is 14.3 Å². The largest absolute Gasteiger partial charge is 0.475 e. The first-order chi connectivity index (χ1) is 7.24. The van der Waals surface area contributed by atoms with E-state index in [0.29, 0.717) is 5.09 Å². The Morgan fingerprint density at radius 2 is 2.33 bits per heavy atom. The monoisotopic (exact) mass is 230 g/mol. The van der Waals surface area contributed by atoms with E-state index in [2.05, 4.69) is 0 Å². The molecule has 0 aromatic carbocycles. The number of methoxy groups -OCH3 is 1. The molecule has 1 N–H and O–H groups in total. The zero-order valence-corrected chi connectivity index (χ0v) is 9.38. The molecule has 0 aliphatic carbocycles. The van der Waals surface area contributed by atoms with Crippen LogP contribution in [-0.2, 0) is 4.74 Å². The molecule has 0 unspecified atom stereocenters. The van der Waals surface area contributed by atoms with Gasteiger partial charge in [-0.15, -0.1) is 0 Å². The summed E-state index contributed by atoms with van der Waals surface area (Å²) in [6.07, 6.45) is 2.04. The first kappa shape index (κ1) is 12.1. The fraction of sp³-hybridized carbons (Fsp3) is 0.500. The first-order valence-corrected chi connectivity index (χ1v) is 5.67. The molecule has 1 heterocycles. The second-order valence-electron chi connectivity index (χ2n) is 2.97. The van der Waals surface area contributed by atoms with Gasteiger partial charge in [-0.25, -0.2) is 4.79 Å². The fourth-order valence-electron chi connectivity index (χ4n) is 1.03. The third-order valence-electron chi connectivity index (χ3n) is 1.78. The van der Waals surface area contributed by atoms with Crippen molar-refractivity contribution in [2.24, 2.45) is 0 Å². The third kappa shape index (κ3) is 4.40. The van der Waals surface area contributed by atoms with Crippen LogP contribution in [-0.4, -0.2) is 30.5 Å². The number of carbonyl (C=O) groups is 1. The summed E-state index contributed by atoms with van der Waals surface area (Å²) >= 11 is 1.52. The molecule has 0 amide bonds. The van der Waals surface area contributed by atoms with Crippen LogP contribution in [0.4, 0.5) is 0 Å². The van der Waals surface area contributed by atoms with Gasteiger partial charge in [-0.05, 0) is 25.0 Å². The SMILES string of the molecule is COCCCCSc1ccc(C(=O)O)o1. The average molecular weight is 230 g/mol. The highest BCUT2D eigenvalue weighted by Crippen LogP contribution is 2.22. The van der Waals surface area contributed by atoms with Crippen molar-refractivity contribution in [3.63, 3.8) is 0 Å². The van der Waals surface area contributed by atoms with Crippen LogP contribution in [0.3, 0.4) is 0 Å². The highest BCUT2D eigenvalue weighted by Gasteiger charge is 2.08. The molecule has 0 aliphatic rings. The number of hydrogen-bond acceptors (Lipinski definition) is 4. The van der Waals surface area contributed by atoms with Gasteiger partial charge in [0, 0.05) is 19.5 Å². The van der Waals surface area contributed by atoms with Crippen LogP contribution in [0.25, 0.3) is 0 Å². The van der Waals surface area contributed by atoms with Gasteiger partial charge in [-0.2, -0.15) is 0 Å². The highest BCUT2D eigenvalue weighted by molar-refractivity contribution is 7.99. The predicted octanol–water partition coefficient (Wildman–Crippen LogP) is 2.50. The van der Waals surface area contributed by atoms with E-state index in [4.69, 9.17) is 14.3 Å². The lowest BCUT2D eigenvalue weighted by Crippen LogP contribution is -1.91. The Bertz CT molecular complexity index is 308. The number of thioether (sulfide) groups is 1. The fourth-order valence-corrected chi connectivity index (χ4v) is 1.90. The Morgan fingerprint density at radius 1 is 1.53 bits per heavy atom. The Balaban J connectivity index is 2.23. The van der Waals surface area contributed by atoms with Crippen LogP contribution in [0, 0.1) is 0 Å². The van der Waals surface area contributed by atoms with Gasteiger partial charge >= 0.3 is 5.97 Å². The molecule has 84 valence electrons. The maximum atomic E-state index is 10.5. The minimum atomic E-state index is -1.03. The van der Waals surface area contributed by atoms with Crippen molar-refractivity contribution in [1.29, 1.82) is 0 Å².